The van der Waals surface area contributed by atoms with E-state index in [9.17, 15) is 9.90 Å². The van der Waals surface area contributed by atoms with Crippen LogP contribution in [0.5, 0.6) is 0 Å². The van der Waals surface area contributed by atoms with Gasteiger partial charge in [0.25, 0.3) is 0 Å². The Labute approximate surface area is 96.3 Å². The maximum absolute atomic E-state index is 11.2. The Kier molecular flexibility index (Phi) is 2.99. The summed E-state index contributed by atoms with van der Waals surface area (Å²) in [5.41, 5.74) is 1.43. The molecule has 0 bridgehead atoms. The van der Waals surface area contributed by atoms with Crippen molar-refractivity contribution in [3.63, 3.8) is 0 Å². The largest absolute Gasteiger partial charge is 0.481 e. The van der Waals surface area contributed by atoms with Crippen molar-refractivity contribution in [3.05, 3.63) is 35.9 Å². The summed E-state index contributed by atoms with van der Waals surface area (Å²) in [5, 5.41) is 9.23. The Morgan fingerprint density at radius 1 is 1.38 bits per heavy atom. The van der Waals surface area contributed by atoms with Crippen molar-refractivity contribution in [2.75, 3.05) is 0 Å². The van der Waals surface area contributed by atoms with E-state index in [1.54, 1.807) is 0 Å². The lowest BCUT2D eigenvalue weighted by Gasteiger charge is -2.16. The zero-order chi connectivity index (χ0) is 11.6. The quantitative estimate of drug-likeness (QED) is 0.824. The third-order valence-corrected chi connectivity index (χ3v) is 3.52. The lowest BCUT2D eigenvalue weighted by molar-refractivity contribution is -0.142. The van der Waals surface area contributed by atoms with Crippen LogP contribution in [-0.4, -0.2) is 11.1 Å². The standard InChI is InChI=1S/C14H18O2/c1-14(7-8-14)10-12(13(15)16)9-11-5-3-2-4-6-11/h2-6,12H,7-10H2,1H3,(H,15,16)/t12-/m0/s1. The van der Waals surface area contributed by atoms with E-state index >= 15 is 0 Å². The van der Waals surface area contributed by atoms with Gasteiger partial charge in [0.2, 0.25) is 0 Å². The van der Waals surface area contributed by atoms with Gasteiger partial charge in [0, 0.05) is 0 Å². The number of benzene rings is 1. The first-order valence-corrected chi connectivity index (χ1v) is 5.86. The normalized spacial score (nSPS) is 19.1. The molecule has 16 heavy (non-hydrogen) atoms. The second-order valence-electron chi connectivity index (χ2n) is 5.24. The van der Waals surface area contributed by atoms with E-state index in [2.05, 4.69) is 6.92 Å². The smallest absolute Gasteiger partial charge is 0.306 e. The van der Waals surface area contributed by atoms with Crippen LogP contribution in [-0.2, 0) is 11.2 Å². The third kappa shape index (κ3) is 2.84. The molecule has 0 aliphatic heterocycles. The maximum atomic E-state index is 11.2. The molecule has 1 saturated carbocycles. The molecule has 1 aliphatic carbocycles. The van der Waals surface area contributed by atoms with Gasteiger partial charge in [-0.05, 0) is 36.7 Å². The van der Waals surface area contributed by atoms with E-state index in [4.69, 9.17) is 0 Å². The van der Waals surface area contributed by atoms with Gasteiger partial charge in [-0.15, -0.1) is 0 Å². The Balaban J connectivity index is 2.00. The summed E-state index contributed by atoms with van der Waals surface area (Å²) in [6.07, 6.45) is 3.85. The number of aliphatic carboxylic acids is 1. The summed E-state index contributed by atoms with van der Waals surface area (Å²) in [7, 11) is 0. The number of carbonyl (C=O) groups is 1. The predicted molar refractivity (Wildman–Crippen MR) is 63.2 cm³/mol. The third-order valence-electron chi connectivity index (χ3n) is 3.52. The highest BCUT2D eigenvalue weighted by molar-refractivity contribution is 5.70. The van der Waals surface area contributed by atoms with E-state index in [1.807, 2.05) is 30.3 Å². The first kappa shape index (κ1) is 11.2. The topological polar surface area (TPSA) is 37.3 Å². The second-order valence-corrected chi connectivity index (χ2v) is 5.24. The molecule has 0 spiro atoms. The molecule has 2 heteroatoms. The molecule has 0 aromatic heterocycles. The summed E-state index contributed by atoms with van der Waals surface area (Å²) in [4.78, 5) is 11.2. The molecule has 0 radical (unpaired) electrons. The molecular formula is C14H18O2. The van der Waals surface area contributed by atoms with Crippen molar-refractivity contribution < 1.29 is 9.90 Å². The van der Waals surface area contributed by atoms with Gasteiger partial charge in [-0.25, -0.2) is 0 Å². The van der Waals surface area contributed by atoms with Crippen LogP contribution in [0.1, 0.15) is 31.7 Å². The van der Waals surface area contributed by atoms with Crippen molar-refractivity contribution in [3.8, 4) is 0 Å². The van der Waals surface area contributed by atoms with Crippen molar-refractivity contribution >= 4 is 5.97 Å². The van der Waals surface area contributed by atoms with E-state index in [-0.39, 0.29) is 5.92 Å². The van der Waals surface area contributed by atoms with Gasteiger partial charge >= 0.3 is 5.97 Å². The number of hydrogen-bond acceptors (Lipinski definition) is 1. The molecule has 1 fully saturated rings. The Hall–Kier alpha value is -1.31. The number of rotatable bonds is 5. The molecule has 2 rings (SSSR count). The van der Waals surface area contributed by atoms with Gasteiger partial charge in [0.15, 0.2) is 0 Å². The minimum Gasteiger partial charge on any atom is -0.481 e. The van der Waals surface area contributed by atoms with Gasteiger partial charge in [0.1, 0.15) is 0 Å². The number of carboxylic acid groups (broad SMARTS) is 1. The average molecular weight is 218 g/mol. The Morgan fingerprint density at radius 2 is 2.00 bits per heavy atom. The van der Waals surface area contributed by atoms with Crippen molar-refractivity contribution in [2.24, 2.45) is 11.3 Å². The number of carboxylic acids is 1. The molecule has 2 nitrogen and oxygen atoms in total. The first-order valence-electron chi connectivity index (χ1n) is 5.86. The SMILES string of the molecule is CC1(C[C@H](Cc2ccccc2)C(=O)O)CC1. The Bertz CT molecular complexity index is 366. The lowest BCUT2D eigenvalue weighted by atomic mass is 9.88. The van der Waals surface area contributed by atoms with Crippen molar-refractivity contribution in [2.45, 2.75) is 32.6 Å². The van der Waals surface area contributed by atoms with Crippen LogP contribution >= 0.6 is 0 Å². The molecule has 1 atom stereocenters. The summed E-state index contributed by atoms with van der Waals surface area (Å²) < 4.78 is 0. The molecule has 1 aromatic carbocycles. The van der Waals surface area contributed by atoms with Crippen LogP contribution < -0.4 is 0 Å². The molecule has 1 N–H and O–H groups in total. The average Bonchev–Trinajstić information content (AvgIpc) is 2.97. The van der Waals surface area contributed by atoms with Crippen LogP contribution in [0.4, 0.5) is 0 Å². The first-order chi connectivity index (χ1) is 7.59. The summed E-state index contributed by atoms with van der Waals surface area (Å²) >= 11 is 0. The molecule has 0 amide bonds. The highest BCUT2D eigenvalue weighted by Crippen LogP contribution is 2.50. The fourth-order valence-corrected chi connectivity index (χ4v) is 2.16. The molecule has 1 aliphatic rings. The van der Waals surface area contributed by atoms with E-state index in [0.717, 1.165) is 12.0 Å². The van der Waals surface area contributed by atoms with Crippen LogP contribution in [0, 0.1) is 11.3 Å². The minimum absolute atomic E-state index is 0.227. The van der Waals surface area contributed by atoms with Gasteiger partial charge < -0.3 is 5.11 Å². The van der Waals surface area contributed by atoms with Crippen LogP contribution in [0.3, 0.4) is 0 Å². The van der Waals surface area contributed by atoms with Gasteiger partial charge in [-0.2, -0.15) is 0 Å². The maximum Gasteiger partial charge on any atom is 0.306 e. The fourth-order valence-electron chi connectivity index (χ4n) is 2.16. The summed E-state index contributed by atoms with van der Waals surface area (Å²) in [5.74, 6) is -0.883. The lowest BCUT2D eigenvalue weighted by Crippen LogP contribution is -2.19. The van der Waals surface area contributed by atoms with Crippen LogP contribution in [0.2, 0.25) is 0 Å². The monoisotopic (exact) mass is 218 g/mol. The van der Waals surface area contributed by atoms with E-state index in [0.29, 0.717) is 11.8 Å². The van der Waals surface area contributed by atoms with Crippen LogP contribution in [0.15, 0.2) is 30.3 Å². The van der Waals surface area contributed by atoms with Gasteiger partial charge in [-0.1, -0.05) is 37.3 Å². The highest BCUT2D eigenvalue weighted by Gasteiger charge is 2.40. The zero-order valence-corrected chi connectivity index (χ0v) is 9.65. The minimum atomic E-state index is -0.656. The fraction of sp³-hybridized carbons (Fsp3) is 0.500. The number of hydrogen-bond donors (Lipinski definition) is 1. The molecular weight excluding hydrogens is 200 g/mol. The zero-order valence-electron chi connectivity index (χ0n) is 9.65. The molecule has 0 heterocycles. The van der Waals surface area contributed by atoms with Crippen molar-refractivity contribution in [1.82, 2.24) is 0 Å². The second kappa shape index (κ2) is 4.28. The Morgan fingerprint density at radius 3 is 2.50 bits per heavy atom. The molecule has 0 saturated heterocycles. The molecule has 86 valence electrons. The molecule has 1 aromatic rings. The molecule has 0 unspecified atom stereocenters. The summed E-state index contributed by atoms with van der Waals surface area (Å²) in [6.45, 7) is 2.19. The highest BCUT2D eigenvalue weighted by atomic mass is 16.4. The predicted octanol–water partition coefficient (Wildman–Crippen LogP) is 3.12. The van der Waals surface area contributed by atoms with E-state index < -0.39 is 5.97 Å². The van der Waals surface area contributed by atoms with Crippen LogP contribution in [0.25, 0.3) is 0 Å². The van der Waals surface area contributed by atoms with E-state index in [1.165, 1.54) is 12.8 Å². The summed E-state index contributed by atoms with van der Waals surface area (Å²) in [6, 6.07) is 9.90. The van der Waals surface area contributed by atoms with Gasteiger partial charge in [0.05, 0.1) is 5.92 Å². The van der Waals surface area contributed by atoms with Crippen molar-refractivity contribution in [1.29, 1.82) is 0 Å². The van der Waals surface area contributed by atoms with Gasteiger partial charge in [-0.3, -0.25) is 4.79 Å².